The molecule has 0 heterocycles. The van der Waals surface area contributed by atoms with Crippen LogP contribution < -0.4 is 0 Å². The van der Waals surface area contributed by atoms with E-state index in [1.807, 2.05) is 51.1 Å². The molecule has 0 unspecified atom stereocenters. The van der Waals surface area contributed by atoms with Crippen LogP contribution in [0.1, 0.15) is 26.3 Å². The van der Waals surface area contributed by atoms with Crippen LogP contribution in [0.4, 0.5) is 0 Å². The summed E-state index contributed by atoms with van der Waals surface area (Å²) in [6.07, 6.45) is 0.402. The lowest BCUT2D eigenvalue weighted by Crippen LogP contribution is -2.41. The Morgan fingerprint density at radius 1 is 1.35 bits per heavy atom. The van der Waals surface area contributed by atoms with E-state index in [4.69, 9.17) is 4.74 Å². The molecule has 0 spiro atoms. The molecule has 0 aliphatic rings. The summed E-state index contributed by atoms with van der Waals surface area (Å²) in [6, 6.07) is 8.83. The van der Waals surface area contributed by atoms with E-state index in [0.717, 1.165) is 5.56 Å². The lowest BCUT2D eigenvalue weighted by molar-refractivity contribution is -0.143. The number of carbonyl (C=O) groups is 1. The Hall–Kier alpha value is -1.97. The Balaban J connectivity index is 2.81. The van der Waals surface area contributed by atoms with Crippen LogP contribution in [-0.2, 0) is 16.0 Å². The molecule has 1 atom stereocenters. The number of aliphatic carboxylic acids is 1. The monoisotopic (exact) mass is 277 g/mol. The topological polar surface area (TPSA) is 49.8 Å². The third kappa shape index (κ3) is 4.96. The van der Waals surface area contributed by atoms with E-state index >= 15 is 0 Å². The number of hydrogen-bond donors (Lipinski definition) is 1. The van der Waals surface area contributed by atoms with Crippen LogP contribution in [0.15, 0.2) is 42.8 Å². The van der Waals surface area contributed by atoms with Crippen LogP contribution in [0.3, 0.4) is 0 Å². The lowest BCUT2D eigenvalue weighted by Gasteiger charge is -2.32. The molecule has 0 amide bonds. The Morgan fingerprint density at radius 2 is 1.90 bits per heavy atom. The van der Waals surface area contributed by atoms with E-state index in [0.29, 0.717) is 12.3 Å². The number of nitrogens with zero attached hydrogens (tertiary/aromatic N) is 1. The number of ether oxygens (including phenoxy) is 1. The van der Waals surface area contributed by atoms with Gasteiger partial charge in [-0.05, 0) is 32.9 Å². The van der Waals surface area contributed by atoms with Crippen LogP contribution in [0.25, 0.3) is 0 Å². The van der Waals surface area contributed by atoms with Gasteiger partial charge in [0, 0.05) is 13.5 Å². The van der Waals surface area contributed by atoms with Crippen LogP contribution in [0.2, 0.25) is 0 Å². The maximum atomic E-state index is 11.5. The molecular weight excluding hydrogens is 254 g/mol. The average Bonchev–Trinajstić information content (AvgIpc) is 2.34. The van der Waals surface area contributed by atoms with Gasteiger partial charge in [0.05, 0.1) is 0 Å². The molecular formula is C16H23NO3. The molecule has 4 heteroatoms. The second-order valence-electron chi connectivity index (χ2n) is 5.76. The SMILES string of the molecule is C=C(OC(C)(C)C)N(C)[C@H](Cc1ccccc1)C(=O)O. The van der Waals surface area contributed by atoms with Crippen molar-refractivity contribution in [2.45, 2.75) is 38.8 Å². The largest absolute Gasteiger partial charge is 0.480 e. The molecule has 0 aliphatic heterocycles. The fraction of sp³-hybridized carbons (Fsp3) is 0.438. The number of carboxylic acid groups (broad SMARTS) is 1. The van der Waals surface area contributed by atoms with Gasteiger partial charge >= 0.3 is 5.97 Å². The highest BCUT2D eigenvalue weighted by atomic mass is 16.5. The van der Waals surface area contributed by atoms with Crippen molar-refractivity contribution in [3.05, 3.63) is 48.4 Å². The molecule has 0 saturated carbocycles. The van der Waals surface area contributed by atoms with Crippen molar-refractivity contribution in [1.29, 1.82) is 0 Å². The summed E-state index contributed by atoms with van der Waals surface area (Å²) >= 11 is 0. The fourth-order valence-electron chi connectivity index (χ4n) is 1.83. The fourth-order valence-corrected chi connectivity index (χ4v) is 1.83. The van der Waals surface area contributed by atoms with Crippen LogP contribution in [0, 0.1) is 0 Å². The van der Waals surface area contributed by atoms with Gasteiger partial charge in [0.1, 0.15) is 11.6 Å². The summed E-state index contributed by atoms with van der Waals surface area (Å²) in [4.78, 5) is 13.0. The lowest BCUT2D eigenvalue weighted by atomic mass is 10.1. The average molecular weight is 277 g/mol. The van der Waals surface area contributed by atoms with E-state index in [9.17, 15) is 9.90 Å². The molecule has 0 radical (unpaired) electrons. The van der Waals surface area contributed by atoms with Crippen molar-refractivity contribution >= 4 is 5.97 Å². The Morgan fingerprint density at radius 3 is 2.35 bits per heavy atom. The van der Waals surface area contributed by atoms with E-state index in [1.165, 1.54) is 0 Å². The van der Waals surface area contributed by atoms with Gasteiger partial charge in [0.25, 0.3) is 0 Å². The standard InChI is InChI=1S/C16H23NO3/c1-12(20-16(2,3)4)17(5)14(15(18)19)11-13-9-7-6-8-10-13/h6-10,14H,1,11H2,2-5H3,(H,18,19)/t14-/m1/s1. The van der Waals surface area contributed by atoms with Gasteiger partial charge in [0.2, 0.25) is 0 Å². The Labute approximate surface area is 120 Å². The summed E-state index contributed by atoms with van der Waals surface area (Å²) in [7, 11) is 1.69. The van der Waals surface area contributed by atoms with E-state index in [1.54, 1.807) is 11.9 Å². The van der Waals surface area contributed by atoms with Crippen molar-refractivity contribution in [3.8, 4) is 0 Å². The molecule has 0 bridgehead atoms. The van der Waals surface area contributed by atoms with Crippen LogP contribution in [0.5, 0.6) is 0 Å². The minimum atomic E-state index is -0.894. The third-order valence-corrected chi connectivity index (χ3v) is 2.84. The van der Waals surface area contributed by atoms with Gasteiger partial charge in [-0.15, -0.1) is 0 Å². The molecule has 20 heavy (non-hydrogen) atoms. The summed E-state index contributed by atoms with van der Waals surface area (Å²) < 4.78 is 5.64. The second-order valence-corrected chi connectivity index (χ2v) is 5.76. The summed E-state index contributed by atoms with van der Waals surface area (Å²) in [5, 5.41) is 9.41. The first-order chi connectivity index (χ1) is 9.20. The molecule has 1 N–H and O–H groups in total. The van der Waals surface area contributed by atoms with Gasteiger partial charge in [-0.3, -0.25) is 0 Å². The number of likely N-dealkylation sites (N-methyl/N-ethyl adjacent to an activating group) is 1. The predicted octanol–water partition coefficient (Wildman–Crippen LogP) is 2.90. The normalized spacial score (nSPS) is 12.6. The van der Waals surface area contributed by atoms with Gasteiger partial charge in [-0.1, -0.05) is 30.3 Å². The molecule has 1 rings (SSSR count). The highest BCUT2D eigenvalue weighted by Gasteiger charge is 2.26. The Kier molecular flexibility index (Phi) is 5.19. The maximum absolute atomic E-state index is 11.5. The van der Waals surface area contributed by atoms with Crippen molar-refractivity contribution < 1.29 is 14.6 Å². The molecule has 0 aliphatic carbocycles. The molecule has 1 aromatic carbocycles. The van der Waals surface area contributed by atoms with Crippen LogP contribution in [-0.4, -0.2) is 34.7 Å². The van der Waals surface area contributed by atoms with E-state index in [-0.39, 0.29) is 0 Å². The van der Waals surface area contributed by atoms with Gasteiger partial charge in [-0.25, -0.2) is 4.79 Å². The van der Waals surface area contributed by atoms with E-state index in [2.05, 4.69) is 6.58 Å². The van der Waals surface area contributed by atoms with Crippen molar-refractivity contribution in [2.24, 2.45) is 0 Å². The quantitative estimate of drug-likeness (QED) is 0.812. The second kappa shape index (κ2) is 6.46. The number of rotatable bonds is 6. The maximum Gasteiger partial charge on any atom is 0.326 e. The van der Waals surface area contributed by atoms with Gasteiger partial charge in [0.15, 0.2) is 5.88 Å². The highest BCUT2D eigenvalue weighted by molar-refractivity contribution is 5.74. The summed E-state index contributed by atoms with van der Waals surface area (Å²) in [5.41, 5.74) is 0.566. The smallest absolute Gasteiger partial charge is 0.326 e. The number of benzene rings is 1. The minimum Gasteiger partial charge on any atom is -0.480 e. The molecule has 1 aromatic rings. The van der Waals surface area contributed by atoms with Gasteiger partial charge in [-0.2, -0.15) is 0 Å². The molecule has 4 nitrogen and oxygen atoms in total. The summed E-state index contributed by atoms with van der Waals surface area (Å²) in [5.74, 6) is -0.532. The first-order valence-electron chi connectivity index (χ1n) is 6.58. The van der Waals surface area contributed by atoms with Crippen molar-refractivity contribution in [2.75, 3.05) is 7.05 Å². The predicted molar refractivity (Wildman–Crippen MR) is 79.3 cm³/mol. The zero-order valence-electron chi connectivity index (χ0n) is 12.6. The third-order valence-electron chi connectivity index (χ3n) is 2.84. The minimum absolute atomic E-state index is 0.362. The molecule has 0 aromatic heterocycles. The molecule has 0 saturated heterocycles. The van der Waals surface area contributed by atoms with E-state index < -0.39 is 17.6 Å². The zero-order valence-corrected chi connectivity index (χ0v) is 12.6. The first kappa shape index (κ1) is 16.1. The van der Waals surface area contributed by atoms with Crippen LogP contribution >= 0.6 is 0 Å². The Bertz CT molecular complexity index is 462. The first-order valence-corrected chi connectivity index (χ1v) is 6.58. The van der Waals surface area contributed by atoms with Crippen molar-refractivity contribution in [3.63, 3.8) is 0 Å². The highest BCUT2D eigenvalue weighted by Crippen LogP contribution is 2.18. The number of carboxylic acids is 1. The zero-order chi connectivity index (χ0) is 15.3. The molecule has 0 fully saturated rings. The summed E-state index contributed by atoms with van der Waals surface area (Å²) in [6.45, 7) is 9.53. The van der Waals surface area contributed by atoms with Gasteiger partial charge < -0.3 is 14.7 Å². The van der Waals surface area contributed by atoms with Crippen molar-refractivity contribution in [1.82, 2.24) is 4.90 Å². The number of hydrogen-bond acceptors (Lipinski definition) is 3. The molecule has 110 valence electrons.